The number of benzene rings is 2. The highest BCUT2D eigenvalue weighted by Gasteiger charge is 2.28. The van der Waals surface area contributed by atoms with Gasteiger partial charge in [-0.1, -0.05) is 48.5 Å². The van der Waals surface area contributed by atoms with Crippen molar-refractivity contribution in [2.24, 2.45) is 5.73 Å². The molecule has 28 heavy (non-hydrogen) atoms. The fraction of sp³-hybridized carbons (Fsp3) is 0.143. The third-order valence-corrected chi connectivity index (χ3v) is 4.42. The Morgan fingerprint density at radius 3 is 2.11 bits per heavy atom. The van der Waals surface area contributed by atoms with E-state index in [4.69, 9.17) is 5.73 Å². The lowest BCUT2D eigenvalue weighted by Gasteiger charge is -2.15. The Kier molecular flexibility index (Phi) is 5.35. The van der Waals surface area contributed by atoms with Crippen LogP contribution in [0.3, 0.4) is 0 Å². The molecule has 1 aromatic heterocycles. The van der Waals surface area contributed by atoms with E-state index in [1.807, 2.05) is 30.3 Å². The number of para-hydroxylation sites is 1. The van der Waals surface area contributed by atoms with Crippen LogP contribution in [0.2, 0.25) is 0 Å². The molecule has 0 aliphatic rings. The summed E-state index contributed by atoms with van der Waals surface area (Å²) in [6.07, 6.45) is 0. The van der Waals surface area contributed by atoms with Crippen molar-refractivity contribution in [2.75, 3.05) is 0 Å². The summed E-state index contributed by atoms with van der Waals surface area (Å²) in [6, 6.07) is 16.7. The summed E-state index contributed by atoms with van der Waals surface area (Å²) in [4.78, 5) is 37.2. The fourth-order valence-electron chi connectivity index (χ4n) is 3.07. The van der Waals surface area contributed by atoms with Crippen LogP contribution >= 0.6 is 0 Å². The first-order valence-electron chi connectivity index (χ1n) is 8.71. The van der Waals surface area contributed by atoms with Crippen LogP contribution in [0.25, 0.3) is 5.69 Å². The zero-order chi connectivity index (χ0) is 20.3. The van der Waals surface area contributed by atoms with Crippen LogP contribution < -0.4 is 11.1 Å². The van der Waals surface area contributed by atoms with Crippen LogP contribution in [0.15, 0.2) is 60.7 Å². The van der Waals surface area contributed by atoms with Gasteiger partial charge in [-0.25, -0.2) is 4.68 Å². The van der Waals surface area contributed by atoms with Crippen LogP contribution in [0, 0.1) is 13.8 Å². The number of aromatic nitrogens is 2. The maximum absolute atomic E-state index is 12.8. The molecule has 0 saturated carbocycles. The molecule has 0 spiro atoms. The van der Waals surface area contributed by atoms with Gasteiger partial charge in [0, 0.05) is 0 Å². The fourth-order valence-corrected chi connectivity index (χ4v) is 3.07. The zero-order valence-electron chi connectivity index (χ0n) is 15.5. The van der Waals surface area contributed by atoms with Gasteiger partial charge >= 0.3 is 0 Å². The van der Waals surface area contributed by atoms with E-state index >= 15 is 0 Å². The Morgan fingerprint density at radius 2 is 1.54 bits per heavy atom. The zero-order valence-corrected chi connectivity index (χ0v) is 15.5. The molecule has 2 amide bonds. The first-order valence-corrected chi connectivity index (χ1v) is 8.71. The number of ketones is 1. The Labute approximate surface area is 162 Å². The maximum atomic E-state index is 12.8. The average Bonchev–Trinajstić information content (AvgIpc) is 3.00. The first-order chi connectivity index (χ1) is 13.4. The van der Waals surface area contributed by atoms with Gasteiger partial charge in [-0.05, 0) is 31.5 Å². The van der Waals surface area contributed by atoms with Crippen molar-refractivity contribution in [3.8, 4) is 5.69 Å². The maximum Gasteiger partial charge on any atom is 0.293 e. The van der Waals surface area contributed by atoms with Gasteiger partial charge < -0.3 is 11.1 Å². The number of nitrogens with two attached hydrogens (primary N) is 1. The quantitative estimate of drug-likeness (QED) is 0.507. The summed E-state index contributed by atoms with van der Waals surface area (Å²) < 4.78 is 1.61. The highest BCUT2D eigenvalue weighted by Crippen LogP contribution is 2.19. The molecule has 142 valence electrons. The molecule has 2 aromatic carbocycles. The highest BCUT2D eigenvalue weighted by atomic mass is 16.2. The van der Waals surface area contributed by atoms with Crippen molar-refractivity contribution in [3.63, 3.8) is 0 Å². The molecular formula is C21H20N4O3. The summed E-state index contributed by atoms with van der Waals surface area (Å²) >= 11 is 0. The Hall–Kier alpha value is -3.74. The molecule has 7 heteroatoms. The van der Waals surface area contributed by atoms with Gasteiger partial charge in [0.2, 0.25) is 5.91 Å². The SMILES string of the molecule is Cc1nn(-c2ccccc2)c(C)c1C(=O)C(=O)N[C@H](C(N)=O)c1ccccc1. The number of hydrogen-bond acceptors (Lipinski definition) is 4. The summed E-state index contributed by atoms with van der Waals surface area (Å²) in [5.41, 5.74) is 7.87. The van der Waals surface area contributed by atoms with Crippen molar-refractivity contribution in [1.82, 2.24) is 15.1 Å². The van der Waals surface area contributed by atoms with Crippen molar-refractivity contribution in [2.45, 2.75) is 19.9 Å². The highest BCUT2D eigenvalue weighted by molar-refractivity contribution is 6.43. The van der Waals surface area contributed by atoms with Gasteiger partial charge in [0.25, 0.3) is 11.7 Å². The monoisotopic (exact) mass is 376 g/mol. The molecule has 0 fully saturated rings. The first kappa shape index (κ1) is 19.0. The van der Waals surface area contributed by atoms with Crippen LogP contribution in [-0.2, 0) is 9.59 Å². The Morgan fingerprint density at radius 1 is 0.964 bits per heavy atom. The molecule has 0 radical (unpaired) electrons. The predicted octanol–water partition coefficient (Wildman–Crippen LogP) is 2.01. The second kappa shape index (κ2) is 7.87. The normalized spacial score (nSPS) is 11.6. The van der Waals surface area contributed by atoms with E-state index in [-0.39, 0.29) is 5.56 Å². The largest absolute Gasteiger partial charge is 0.368 e. The Bertz CT molecular complexity index is 1030. The lowest BCUT2D eigenvalue weighted by atomic mass is 10.0. The molecule has 3 N–H and O–H groups in total. The van der Waals surface area contributed by atoms with Crippen molar-refractivity contribution in [3.05, 3.63) is 83.2 Å². The molecule has 0 bridgehead atoms. The molecule has 0 aliphatic heterocycles. The van der Waals surface area contributed by atoms with E-state index in [2.05, 4.69) is 10.4 Å². The standard InChI is InChI=1S/C21H20N4O3/c1-13-17(14(2)25(24-13)16-11-7-4-8-12-16)19(26)21(28)23-18(20(22)27)15-9-5-3-6-10-15/h3-12,18H,1-2H3,(H2,22,27)(H,23,28)/t18-/m0/s1. The number of nitrogens with zero attached hydrogens (tertiary/aromatic N) is 2. The third-order valence-electron chi connectivity index (χ3n) is 4.42. The summed E-state index contributed by atoms with van der Waals surface area (Å²) in [5, 5.41) is 6.81. The molecule has 3 aromatic rings. The van der Waals surface area contributed by atoms with Crippen molar-refractivity contribution in [1.29, 1.82) is 0 Å². The van der Waals surface area contributed by atoms with E-state index in [0.717, 1.165) is 5.69 Å². The Balaban J connectivity index is 1.89. The van der Waals surface area contributed by atoms with Gasteiger partial charge in [0.1, 0.15) is 6.04 Å². The van der Waals surface area contributed by atoms with E-state index in [9.17, 15) is 14.4 Å². The minimum Gasteiger partial charge on any atom is -0.368 e. The number of carbonyl (C=O) groups excluding carboxylic acids is 3. The minimum absolute atomic E-state index is 0.206. The summed E-state index contributed by atoms with van der Waals surface area (Å²) in [5.74, 6) is -2.42. The number of nitrogens with one attached hydrogen (secondary N) is 1. The molecule has 3 rings (SSSR count). The number of amides is 2. The van der Waals surface area contributed by atoms with Gasteiger partial charge in [0.15, 0.2) is 0 Å². The molecule has 0 saturated heterocycles. The molecule has 1 heterocycles. The molecule has 0 unspecified atom stereocenters. The smallest absolute Gasteiger partial charge is 0.293 e. The third kappa shape index (κ3) is 3.68. The summed E-state index contributed by atoms with van der Waals surface area (Å²) in [7, 11) is 0. The van der Waals surface area contributed by atoms with E-state index in [1.165, 1.54) is 0 Å². The van der Waals surface area contributed by atoms with Crippen LogP contribution in [0.5, 0.6) is 0 Å². The van der Waals surface area contributed by atoms with Gasteiger partial charge in [-0.15, -0.1) is 0 Å². The summed E-state index contributed by atoms with van der Waals surface area (Å²) in [6.45, 7) is 3.38. The van der Waals surface area contributed by atoms with Crippen molar-refractivity contribution >= 4 is 17.6 Å². The van der Waals surface area contributed by atoms with Gasteiger partial charge in [0.05, 0.1) is 22.6 Å². The van der Waals surface area contributed by atoms with Gasteiger partial charge in [-0.3, -0.25) is 14.4 Å². The second-order valence-corrected chi connectivity index (χ2v) is 6.34. The molecular weight excluding hydrogens is 356 g/mol. The van der Waals surface area contributed by atoms with Crippen LogP contribution in [0.1, 0.15) is 33.4 Å². The van der Waals surface area contributed by atoms with E-state index in [1.54, 1.807) is 48.9 Å². The molecule has 7 nitrogen and oxygen atoms in total. The number of carbonyl (C=O) groups is 3. The number of primary amides is 1. The van der Waals surface area contributed by atoms with Crippen LogP contribution in [0.4, 0.5) is 0 Å². The average molecular weight is 376 g/mol. The molecule has 1 atom stereocenters. The lowest BCUT2D eigenvalue weighted by Crippen LogP contribution is -2.41. The predicted molar refractivity (Wildman–Crippen MR) is 104 cm³/mol. The van der Waals surface area contributed by atoms with E-state index < -0.39 is 23.6 Å². The van der Waals surface area contributed by atoms with Gasteiger partial charge in [-0.2, -0.15) is 5.10 Å². The van der Waals surface area contributed by atoms with E-state index in [0.29, 0.717) is 17.0 Å². The van der Waals surface area contributed by atoms with Crippen molar-refractivity contribution < 1.29 is 14.4 Å². The second-order valence-electron chi connectivity index (χ2n) is 6.34. The number of hydrogen-bond donors (Lipinski definition) is 2. The minimum atomic E-state index is -1.09. The molecule has 0 aliphatic carbocycles. The number of Topliss-reactive ketones (excluding diaryl/α,β-unsaturated/α-hetero) is 1. The lowest BCUT2D eigenvalue weighted by molar-refractivity contribution is -0.125. The number of aryl methyl sites for hydroxylation is 1. The van der Waals surface area contributed by atoms with Crippen LogP contribution in [-0.4, -0.2) is 27.4 Å². The number of rotatable bonds is 6. The topological polar surface area (TPSA) is 107 Å².